The summed E-state index contributed by atoms with van der Waals surface area (Å²) in [6.07, 6.45) is 0. The van der Waals surface area contributed by atoms with Gasteiger partial charge in [0.15, 0.2) is 0 Å². The van der Waals surface area contributed by atoms with E-state index in [4.69, 9.17) is 0 Å². The lowest BCUT2D eigenvalue weighted by Crippen LogP contribution is -2.10. The number of rotatable bonds is 5. The molecule has 338 valence electrons. The van der Waals surface area contributed by atoms with Gasteiger partial charge in [0.05, 0.1) is 0 Å². The van der Waals surface area contributed by atoms with Gasteiger partial charge in [-0.15, -0.1) is 0 Å². The summed E-state index contributed by atoms with van der Waals surface area (Å²) in [6.45, 7) is 18.2. The molecule has 0 amide bonds. The molecule has 0 heteroatoms. The Bertz CT molecular complexity index is 4050. The molecule has 0 aliphatic rings. The first-order chi connectivity index (χ1) is 33.8. The lowest BCUT2D eigenvalue weighted by Gasteiger charge is -2.21. The molecule has 0 N–H and O–H groups in total. The van der Waals surface area contributed by atoms with Crippen LogP contribution < -0.4 is 0 Å². The number of fused-ring (bicyclic) bond motifs is 10. The largest absolute Gasteiger partial charge is 0.0620 e. The van der Waals surface area contributed by atoms with E-state index in [0.717, 1.165) is 0 Å². The van der Waals surface area contributed by atoms with Crippen molar-refractivity contribution in [2.24, 2.45) is 0 Å². The summed E-state index contributed by atoms with van der Waals surface area (Å²) in [5, 5.41) is 15.2. The molecule has 12 aromatic carbocycles. The topological polar surface area (TPSA) is 0 Å². The molecule has 0 nitrogen and oxygen atoms in total. The summed E-state index contributed by atoms with van der Waals surface area (Å²) in [7, 11) is 0. The van der Waals surface area contributed by atoms with Gasteiger partial charge in [-0.2, -0.15) is 0 Å². The Labute approximate surface area is 412 Å². The molecule has 0 radical (unpaired) electrons. The van der Waals surface area contributed by atoms with Crippen molar-refractivity contribution in [1.29, 1.82) is 0 Å². The minimum Gasteiger partial charge on any atom is -0.0620 e. The molecule has 0 atom stereocenters. The minimum absolute atomic E-state index is 0.0567. The number of hydrogen-bond donors (Lipinski definition) is 0. The highest BCUT2D eigenvalue weighted by molar-refractivity contribution is 6.26. The summed E-state index contributed by atoms with van der Waals surface area (Å²) >= 11 is 0. The van der Waals surface area contributed by atoms with Crippen LogP contribution in [0.3, 0.4) is 0 Å². The molecule has 0 unspecified atom stereocenters. The SMILES string of the molecule is Cc1ccccc1-c1cc2c3cc(-c4ccc5c(c4)c(-c4ccc(C(C)(C)C)cc4)cc4c6ccccc6c(-c6ccc(C(C)(C)C)cc6)cc54)ccc3c(-c3ccccc3C)cc2c2ccccc12. The molecule has 0 fully saturated rings. The van der Waals surface area contributed by atoms with Crippen LogP contribution in [0, 0.1) is 13.8 Å². The molecule has 0 spiro atoms. The van der Waals surface area contributed by atoms with Crippen molar-refractivity contribution in [3.63, 3.8) is 0 Å². The number of hydrogen-bond acceptors (Lipinski definition) is 0. The van der Waals surface area contributed by atoms with E-state index in [0.29, 0.717) is 0 Å². The van der Waals surface area contributed by atoms with Crippen molar-refractivity contribution < 1.29 is 0 Å². The standard InChI is InChI=1S/C70H58/c1-43-17-9-11-19-51(43)63-42-68-62-38-48(30-36-58(62)64(52-20-12-10-18-44(52)2)41-67(68)56-24-16-15-23-55(56)63)47-29-35-57-61(37-47)60(46-27-33-50(34-28-46)70(6,7)8)40-65-54-22-14-13-21-53(54)59(39-66(57)65)45-25-31-49(32-26-45)69(3,4)5/h9-42H,1-8H3. The van der Waals surface area contributed by atoms with Gasteiger partial charge in [-0.3, -0.25) is 0 Å². The second-order valence-electron chi connectivity index (χ2n) is 21.8. The summed E-state index contributed by atoms with van der Waals surface area (Å²) in [6, 6.07) is 78.5. The Balaban J connectivity index is 1.14. The third kappa shape index (κ3) is 7.28. The van der Waals surface area contributed by atoms with Crippen molar-refractivity contribution in [3.8, 4) is 55.6 Å². The molecular formula is C70H58. The number of aryl methyl sites for hydroxylation is 2. The van der Waals surface area contributed by atoms with E-state index in [9.17, 15) is 0 Å². The van der Waals surface area contributed by atoms with Crippen LogP contribution in [0.5, 0.6) is 0 Å². The van der Waals surface area contributed by atoms with Crippen LogP contribution in [0.4, 0.5) is 0 Å². The predicted molar refractivity (Wildman–Crippen MR) is 306 cm³/mol. The number of benzene rings is 12. The first kappa shape index (κ1) is 43.5. The van der Waals surface area contributed by atoms with Crippen molar-refractivity contribution in [2.45, 2.75) is 66.2 Å². The van der Waals surface area contributed by atoms with Crippen LogP contribution in [0.2, 0.25) is 0 Å². The smallest absolute Gasteiger partial charge is 0.00921 e. The second kappa shape index (κ2) is 16.4. The zero-order chi connectivity index (χ0) is 48.1. The van der Waals surface area contributed by atoms with Gasteiger partial charge in [0.2, 0.25) is 0 Å². The molecule has 0 heterocycles. The van der Waals surface area contributed by atoms with Crippen LogP contribution >= 0.6 is 0 Å². The van der Waals surface area contributed by atoms with Gasteiger partial charge in [-0.1, -0.05) is 211 Å². The molecule has 0 aliphatic heterocycles. The highest BCUT2D eigenvalue weighted by atomic mass is 14.2. The highest BCUT2D eigenvalue weighted by Gasteiger charge is 2.21. The van der Waals surface area contributed by atoms with Crippen LogP contribution in [-0.2, 0) is 10.8 Å². The quantitative estimate of drug-likeness (QED) is 0.151. The Morgan fingerprint density at radius 1 is 0.214 bits per heavy atom. The summed E-state index contributed by atoms with van der Waals surface area (Å²) in [5.41, 5.74) is 17.8. The van der Waals surface area contributed by atoms with Gasteiger partial charge in [-0.25, -0.2) is 0 Å². The maximum absolute atomic E-state index is 2.48. The molecule has 0 saturated heterocycles. The van der Waals surface area contributed by atoms with E-state index in [-0.39, 0.29) is 10.8 Å². The van der Waals surface area contributed by atoms with E-state index in [1.807, 2.05) is 0 Å². The summed E-state index contributed by atoms with van der Waals surface area (Å²) in [4.78, 5) is 0. The lowest BCUT2D eigenvalue weighted by molar-refractivity contribution is 0.590. The molecule has 70 heavy (non-hydrogen) atoms. The third-order valence-electron chi connectivity index (χ3n) is 15.3. The molecule has 0 saturated carbocycles. The van der Waals surface area contributed by atoms with Gasteiger partial charge in [-0.05, 0) is 204 Å². The van der Waals surface area contributed by atoms with Crippen molar-refractivity contribution in [3.05, 3.63) is 229 Å². The second-order valence-corrected chi connectivity index (χ2v) is 21.8. The maximum Gasteiger partial charge on any atom is -0.00921 e. The molecule has 0 aliphatic carbocycles. The maximum atomic E-state index is 2.48. The van der Waals surface area contributed by atoms with Crippen LogP contribution in [-0.4, -0.2) is 0 Å². The Kier molecular flexibility index (Phi) is 10.2. The Morgan fingerprint density at radius 2 is 0.514 bits per heavy atom. The van der Waals surface area contributed by atoms with Crippen molar-refractivity contribution in [2.75, 3.05) is 0 Å². The van der Waals surface area contributed by atoms with E-state index in [1.165, 1.54) is 143 Å². The minimum atomic E-state index is 0.0567. The molecule has 0 bridgehead atoms. The first-order valence-corrected chi connectivity index (χ1v) is 25.0. The van der Waals surface area contributed by atoms with Gasteiger partial charge in [0.25, 0.3) is 0 Å². The fourth-order valence-corrected chi connectivity index (χ4v) is 11.3. The molecular weight excluding hydrogens is 841 g/mol. The highest BCUT2D eigenvalue weighted by Crippen LogP contribution is 2.47. The average molecular weight is 899 g/mol. The normalized spacial score (nSPS) is 12.3. The lowest BCUT2D eigenvalue weighted by atomic mass is 9.83. The third-order valence-corrected chi connectivity index (χ3v) is 15.3. The van der Waals surface area contributed by atoms with E-state index in [2.05, 4.69) is 262 Å². The van der Waals surface area contributed by atoms with E-state index >= 15 is 0 Å². The van der Waals surface area contributed by atoms with Crippen LogP contribution in [0.1, 0.15) is 63.8 Å². The van der Waals surface area contributed by atoms with Crippen LogP contribution in [0.15, 0.2) is 206 Å². The first-order valence-electron chi connectivity index (χ1n) is 25.0. The fourth-order valence-electron chi connectivity index (χ4n) is 11.3. The molecule has 12 aromatic rings. The van der Waals surface area contributed by atoms with Gasteiger partial charge >= 0.3 is 0 Å². The van der Waals surface area contributed by atoms with E-state index in [1.54, 1.807) is 0 Å². The van der Waals surface area contributed by atoms with E-state index < -0.39 is 0 Å². The van der Waals surface area contributed by atoms with Gasteiger partial charge in [0.1, 0.15) is 0 Å². The van der Waals surface area contributed by atoms with Crippen molar-refractivity contribution in [1.82, 2.24) is 0 Å². The molecule has 12 rings (SSSR count). The summed E-state index contributed by atoms with van der Waals surface area (Å²) < 4.78 is 0. The van der Waals surface area contributed by atoms with Gasteiger partial charge < -0.3 is 0 Å². The fraction of sp³-hybridized carbons (Fsp3) is 0.143. The zero-order valence-electron chi connectivity index (χ0n) is 41.6. The Hall–Kier alpha value is -7.80. The average Bonchev–Trinajstić information content (AvgIpc) is 3.37. The van der Waals surface area contributed by atoms with Crippen LogP contribution in [0.25, 0.3) is 120 Å². The monoisotopic (exact) mass is 898 g/mol. The summed E-state index contributed by atoms with van der Waals surface area (Å²) in [5.74, 6) is 0. The van der Waals surface area contributed by atoms with Crippen molar-refractivity contribution >= 4 is 64.6 Å². The molecule has 0 aromatic heterocycles. The predicted octanol–water partition coefficient (Wildman–Crippen LogP) is 20.2. The van der Waals surface area contributed by atoms with Gasteiger partial charge in [0, 0.05) is 0 Å². The zero-order valence-corrected chi connectivity index (χ0v) is 41.6. The Morgan fingerprint density at radius 3 is 0.971 bits per heavy atom.